The predicted octanol–water partition coefficient (Wildman–Crippen LogP) is 3.35. The van der Waals surface area contributed by atoms with E-state index in [1.54, 1.807) is 0 Å². The van der Waals surface area contributed by atoms with Gasteiger partial charge in [-0.1, -0.05) is 6.92 Å². The number of aryl methyl sites for hydroxylation is 1. The highest BCUT2D eigenvalue weighted by atomic mass is 19.1. The first-order valence-corrected chi connectivity index (χ1v) is 6.51. The molecule has 0 aliphatic rings. The third-order valence-corrected chi connectivity index (χ3v) is 2.99. The topological polar surface area (TPSA) is 54.3 Å². The minimum atomic E-state index is -1.26. The van der Waals surface area contributed by atoms with Gasteiger partial charge < -0.3 is 15.0 Å². The SMILES string of the molecule is CCCn1ccc(CNc2ccc(F)c(C(=O)O)c2)c1. The number of halogens is 1. The number of aromatic nitrogens is 1. The quantitative estimate of drug-likeness (QED) is 0.850. The fourth-order valence-corrected chi connectivity index (χ4v) is 2.00. The molecule has 0 radical (unpaired) electrons. The fourth-order valence-electron chi connectivity index (χ4n) is 2.00. The van der Waals surface area contributed by atoms with Crippen LogP contribution in [0.25, 0.3) is 0 Å². The molecule has 20 heavy (non-hydrogen) atoms. The third-order valence-electron chi connectivity index (χ3n) is 2.99. The van der Waals surface area contributed by atoms with Crippen LogP contribution >= 0.6 is 0 Å². The number of aromatic carboxylic acids is 1. The summed E-state index contributed by atoms with van der Waals surface area (Å²) in [7, 11) is 0. The Morgan fingerprint density at radius 3 is 2.90 bits per heavy atom. The maximum atomic E-state index is 13.3. The van der Waals surface area contributed by atoms with Crippen LogP contribution in [0, 0.1) is 5.82 Å². The molecule has 0 amide bonds. The predicted molar refractivity (Wildman–Crippen MR) is 75.4 cm³/mol. The number of anilines is 1. The van der Waals surface area contributed by atoms with Crippen molar-refractivity contribution < 1.29 is 14.3 Å². The van der Waals surface area contributed by atoms with Crippen LogP contribution in [0.2, 0.25) is 0 Å². The highest BCUT2D eigenvalue weighted by Gasteiger charge is 2.10. The lowest BCUT2D eigenvalue weighted by Gasteiger charge is -2.06. The van der Waals surface area contributed by atoms with Gasteiger partial charge in [0.05, 0.1) is 5.56 Å². The molecule has 0 atom stereocenters. The van der Waals surface area contributed by atoms with E-state index in [4.69, 9.17) is 5.11 Å². The molecule has 2 N–H and O–H groups in total. The van der Waals surface area contributed by atoms with Gasteiger partial charge in [0, 0.05) is 31.2 Å². The summed E-state index contributed by atoms with van der Waals surface area (Å²) in [6.07, 6.45) is 5.12. The molecule has 1 heterocycles. The Morgan fingerprint density at radius 1 is 1.40 bits per heavy atom. The molecule has 2 rings (SSSR count). The Bertz CT molecular complexity index is 608. The molecule has 0 spiro atoms. The van der Waals surface area contributed by atoms with Gasteiger partial charge in [-0.25, -0.2) is 9.18 Å². The molecule has 2 aromatic rings. The van der Waals surface area contributed by atoms with Crippen LogP contribution < -0.4 is 5.32 Å². The Kier molecular flexibility index (Phi) is 4.40. The Labute approximate surface area is 116 Å². The number of carbonyl (C=O) groups is 1. The smallest absolute Gasteiger partial charge is 0.338 e. The lowest BCUT2D eigenvalue weighted by atomic mass is 10.2. The second-order valence-electron chi connectivity index (χ2n) is 4.61. The summed E-state index contributed by atoms with van der Waals surface area (Å²) in [6, 6.07) is 6.00. The molecule has 0 aliphatic carbocycles. The van der Waals surface area contributed by atoms with Gasteiger partial charge in [-0.2, -0.15) is 0 Å². The van der Waals surface area contributed by atoms with Crippen molar-refractivity contribution in [1.82, 2.24) is 4.57 Å². The van der Waals surface area contributed by atoms with Crippen molar-refractivity contribution in [3.63, 3.8) is 0 Å². The van der Waals surface area contributed by atoms with E-state index in [2.05, 4.69) is 16.8 Å². The standard InChI is InChI=1S/C15H17FN2O2/c1-2-6-18-7-5-11(10-18)9-17-12-3-4-14(16)13(8-12)15(19)20/h3-5,7-8,10,17H,2,6,9H2,1H3,(H,19,20). The fraction of sp³-hybridized carbons (Fsp3) is 0.267. The molecule has 5 heteroatoms. The minimum Gasteiger partial charge on any atom is -0.478 e. The van der Waals surface area contributed by atoms with Crippen molar-refractivity contribution in [1.29, 1.82) is 0 Å². The van der Waals surface area contributed by atoms with Gasteiger partial charge >= 0.3 is 5.97 Å². The van der Waals surface area contributed by atoms with Crippen molar-refractivity contribution >= 4 is 11.7 Å². The largest absolute Gasteiger partial charge is 0.478 e. The summed E-state index contributed by atoms with van der Waals surface area (Å²) >= 11 is 0. The first kappa shape index (κ1) is 14.1. The van der Waals surface area contributed by atoms with E-state index >= 15 is 0 Å². The first-order valence-electron chi connectivity index (χ1n) is 6.51. The number of carboxylic acids is 1. The Hall–Kier alpha value is -2.30. The van der Waals surface area contributed by atoms with Gasteiger partial charge in [0.2, 0.25) is 0 Å². The third kappa shape index (κ3) is 3.38. The van der Waals surface area contributed by atoms with Crippen LogP contribution in [0.3, 0.4) is 0 Å². The highest BCUT2D eigenvalue weighted by Crippen LogP contribution is 2.16. The molecule has 0 saturated carbocycles. The van der Waals surface area contributed by atoms with Gasteiger partial charge in [-0.3, -0.25) is 0 Å². The molecule has 0 bridgehead atoms. The van der Waals surface area contributed by atoms with Gasteiger partial charge in [0.25, 0.3) is 0 Å². The second-order valence-corrected chi connectivity index (χ2v) is 4.61. The summed E-state index contributed by atoms with van der Waals surface area (Å²) in [5.41, 5.74) is 1.37. The second kappa shape index (κ2) is 6.23. The van der Waals surface area contributed by atoms with Crippen LogP contribution in [0.15, 0.2) is 36.7 Å². The highest BCUT2D eigenvalue weighted by molar-refractivity contribution is 5.89. The summed E-state index contributed by atoms with van der Waals surface area (Å²) in [5, 5.41) is 12.0. The molecule has 0 saturated heterocycles. The van der Waals surface area contributed by atoms with Crippen LogP contribution in [-0.2, 0) is 13.1 Å². The number of hydrogen-bond acceptors (Lipinski definition) is 2. The van der Waals surface area contributed by atoms with Crippen molar-refractivity contribution in [3.05, 3.63) is 53.6 Å². The number of benzene rings is 1. The van der Waals surface area contributed by atoms with Crippen LogP contribution in [0.4, 0.5) is 10.1 Å². The lowest BCUT2D eigenvalue weighted by Crippen LogP contribution is -2.04. The lowest BCUT2D eigenvalue weighted by molar-refractivity contribution is 0.0692. The number of nitrogens with zero attached hydrogens (tertiary/aromatic N) is 1. The van der Waals surface area contributed by atoms with Crippen LogP contribution in [0.1, 0.15) is 29.3 Å². The van der Waals surface area contributed by atoms with E-state index in [9.17, 15) is 9.18 Å². The number of rotatable bonds is 6. The molecule has 0 aliphatic heterocycles. The number of carboxylic acid groups (broad SMARTS) is 1. The number of hydrogen-bond donors (Lipinski definition) is 2. The molecule has 106 valence electrons. The average Bonchev–Trinajstić information content (AvgIpc) is 2.86. The maximum Gasteiger partial charge on any atom is 0.338 e. The zero-order valence-electron chi connectivity index (χ0n) is 11.3. The zero-order valence-corrected chi connectivity index (χ0v) is 11.3. The van der Waals surface area contributed by atoms with E-state index in [1.807, 2.05) is 18.5 Å². The minimum absolute atomic E-state index is 0.321. The summed E-state index contributed by atoms with van der Waals surface area (Å²) in [4.78, 5) is 10.9. The maximum absolute atomic E-state index is 13.3. The van der Waals surface area contributed by atoms with Crippen molar-refractivity contribution in [2.75, 3.05) is 5.32 Å². The van der Waals surface area contributed by atoms with E-state index in [0.29, 0.717) is 12.2 Å². The molecule has 1 aromatic heterocycles. The molecule has 4 nitrogen and oxygen atoms in total. The summed E-state index contributed by atoms with van der Waals surface area (Å²) in [5.74, 6) is -1.99. The van der Waals surface area contributed by atoms with Gasteiger partial charge in [-0.05, 0) is 36.2 Å². The van der Waals surface area contributed by atoms with E-state index in [1.165, 1.54) is 12.1 Å². The van der Waals surface area contributed by atoms with E-state index < -0.39 is 11.8 Å². The van der Waals surface area contributed by atoms with Gasteiger partial charge in [0.1, 0.15) is 5.82 Å². The molecule has 0 unspecified atom stereocenters. The van der Waals surface area contributed by atoms with Crippen LogP contribution in [0.5, 0.6) is 0 Å². The van der Waals surface area contributed by atoms with E-state index in [-0.39, 0.29) is 5.56 Å². The Balaban J connectivity index is 2.03. The molecule has 0 fully saturated rings. The average molecular weight is 276 g/mol. The first-order chi connectivity index (χ1) is 9.60. The van der Waals surface area contributed by atoms with Crippen LogP contribution in [-0.4, -0.2) is 15.6 Å². The summed E-state index contributed by atoms with van der Waals surface area (Å²) < 4.78 is 15.4. The molecular formula is C15H17FN2O2. The van der Waals surface area contributed by atoms with Gasteiger partial charge in [-0.15, -0.1) is 0 Å². The van der Waals surface area contributed by atoms with Crippen molar-refractivity contribution in [2.24, 2.45) is 0 Å². The summed E-state index contributed by atoms with van der Waals surface area (Å²) in [6.45, 7) is 3.66. The monoisotopic (exact) mass is 276 g/mol. The number of nitrogens with one attached hydrogen (secondary N) is 1. The van der Waals surface area contributed by atoms with Crippen molar-refractivity contribution in [2.45, 2.75) is 26.4 Å². The normalized spacial score (nSPS) is 10.5. The van der Waals surface area contributed by atoms with Crippen molar-refractivity contribution in [3.8, 4) is 0 Å². The van der Waals surface area contributed by atoms with Gasteiger partial charge in [0.15, 0.2) is 0 Å². The van der Waals surface area contributed by atoms with E-state index in [0.717, 1.165) is 24.6 Å². The molecule has 1 aromatic carbocycles. The Morgan fingerprint density at radius 2 is 2.20 bits per heavy atom. The zero-order chi connectivity index (χ0) is 14.5. The molecular weight excluding hydrogens is 259 g/mol.